The fourth-order valence-corrected chi connectivity index (χ4v) is 2.53. The third-order valence-corrected chi connectivity index (χ3v) is 4.03. The van der Waals surface area contributed by atoms with Gasteiger partial charge < -0.3 is 25.0 Å². The third kappa shape index (κ3) is 10.2. The number of amides is 1. The monoisotopic (exact) mass is 381 g/mol. The Bertz CT molecular complexity index is 538. The molecule has 27 heavy (non-hydrogen) atoms. The molecule has 0 bridgehead atoms. The molecule has 0 aliphatic rings. The zero-order chi connectivity index (χ0) is 20.3. The van der Waals surface area contributed by atoms with Gasteiger partial charge in [0, 0.05) is 0 Å². The number of carbonyl (C=O) groups excluding carboxylic acids is 1. The summed E-state index contributed by atoms with van der Waals surface area (Å²) in [6.07, 6.45) is 2.92. The average Bonchev–Trinajstić information content (AvgIpc) is 2.60. The van der Waals surface area contributed by atoms with Crippen LogP contribution in [0.15, 0.2) is 24.3 Å². The molecule has 1 aromatic carbocycles. The van der Waals surface area contributed by atoms with Crippen LogP contribution in [0.25, 0.3) is 0 Å². The van der Waals surface area contributed by atoms with E-state index in [9.17, 15) is 15.0 Å². The Kier molecular flexibility index (Phi) is 10.2. The fourth-order valence-electron chi connectivity index (χ4n) is 2.53. The van der Waals surface area contributed by atoms with Crippen molar-refractivity contribution in [1.29, 1.82) is 0 Å². The molecule has 0 unspecified atom stereocenters. The van der Waals surface area contributed by atoms with E-state index in [1.165, 1.54) is 12.8 Å². The standard InChI is InChI=1S/C21H35NO5/c1-5-6-7-14-26-17-11-8-16(9-12-17)10-13-19(24)18(15-23)22-20(25)27-21(2,3)4/h8-9,11-12,18-19,23-24H,5-7,10,13-15H2,1-4H3,(H,22,25)/t18-,19+/m1/s1. The van der Waals surface area contributed by atoms with Gasteiger partial charge in [-0.3, -0.25) is 0 Å². The Hall–Kier alpha value is -1.79. The number of hydrogen-bond donors (Lipinski definition) is 3. The summed E-state index contributed by atoms with van der Waals surface area (Å²) in [6.45, 7) is 7.80. The summed E-state index contributed by atoms with van der Waals surface area (Å²) in [4.78, 5) is 11.8. The van der Waals surface area contributed by atoms with E-state index in [0.29, 0.717) is 12.8 Å². The number of carbonyl (C=O) groups is 1. The number of aliphatic hydroxyl groups is 2. The summed E-state index contributed by atoms with van der Waals surface area (Å²) < 4.78 is 10.8. The molecular weight excluding hydrogens is 346 g/mol. The predicted octanol–water partition coefficient (Wildman–Crippen LogP) is 3.43. The molecular formula is C21H35NO5. The van der Waals surface area contributed by atoms with Gasteiger partial charge in [0.05, 0.1) is 25.4 Å². The van der Waals surface area contributed by atoms with Crippen LogP contribution < -0.4 is 10.1 Å². The Balaban J connectivity index is 2.42. The van der Waals surface area contributed by atoms with Gasteiger partial charge >= 0.3 is 6.09 Å². The van der Waals surface area contributed by atoms with E-state index in [0.717, 1.165) is 24.3 Å². The van der Waals surface area contributed by atoms with E-state index < -0.39 is 23.8 Å². The third-order valence-electron chi connectivity index (χ3n) is 4.03. The van der Waals surface area contributed by atoms with Gasteiger partial charge in [0.2, 0.25) is 0 Å². The highest BCUT2D eigenvalue weighted by atomic mass is 16.6. The summed E-state index contributed by atoms with van der Waals surface area (Å²) in [7, 11) is 0. The van der Waals surface area contributed by atoms with Crippen LogP contribution in [0, 0.1) is 0 Å². The molecule has 3 N–H and O–H groups in total. The number of nitrogens with one attached hydrogen (secondary N) is 1. The van der Waals surface area contributed by atoms with Crippen LogP contribution in [-0.4, -0.2) is 47.3 Å². The van der Waals surface area contributed by atoms with Gasteiger partial charge in [-0.2, -0.15) is 0 Å². The molecule has 154 valence electrons. The SMILES string of the molecule is CCCCCOc1ccc(CC[C@H](O)[C@@H](CO)NC(=O)OC(C)(C)C)cc1. The minimum absolute atomic E-state index is 0.356. The molecule has 0 saturated carbocycles. The van der Waals surface area contributed by atoms with E-state index in [-0.39, 0.29) is 6.61 Å². The fraction of sp³-hybridized carbons (Fsp3) is 0.667. The summed E-state index contributed by atoms with van der Waals surface area (Å²) in [6, 6.07) is 7.03. The Labute approximate surface area is 162 Å². The number of aryl methyl sites for hydroxylation is 1. The highest BCUT2D eigenvalue weighted by Crippen LogP contribution is 2.15. The maximum absolute atomic E-state index is 11.8. The largest absolute Gasteiger partial charge is 0.494 e. The van der Waals surface area contributed by atoms with Crippen molar-refractivity contribution in [2.45, 2.75) is 77.5 Å². The number of unbranched alkanes of at least 4 members (excludes halogenated alkanes) is 2. The molecule has 6 heteroatoms. The van der Waals surface area contributed by atoms with Crippen molar-refractivity contribution < 1.29 is 24.5 Å². The topological polar surface area (TPSA) is 88.0 Å². The molecule has 0 radical (unpaired) electrons. The molecule has 0 fully saturated rings. The zero-order valence-corrected chi connectivity index (χ0v) is 17.0. The van der Waals surface area contributed by atoms with Crippen molar-refractivity contribution in [3.8, 4) is 5.75 Å². The second-order valence-electron chi connectivity index (χ2n) is 7.74. The predicted molar refractivity (Wildman–Crippen MR) is 106 cm³/mol. The van der Waals surface area contributed by atoms with E-state index in [1.807, 2.05) is 24.3 Å². The number of alkyl carbamates (subject to hydrolysis) is 1. The van der Waals surface area contributed by atoms with Gasteiger partial charge in [-0.05, 0) is 57.7 Å². The number of rotatable bonds is 11. The van der Waals surface area contributed by atoms with Crippen LogP contribution in [0.5, 0.6) is 5.75 Å². The van der Waals surface area contributed by atoms with Crippen LogP contribution in [0.4, 0.5) is 4.79 Å². The van der Waals surface area contributed by atoms with Crippen LogP contribution in [0.2, 0.25) is 0 Å². The van der Waals surface area contributed by atoms with Crippen molar-refractivity contribution in [1.82, 2.24) is 5.32 Å². The van der Waals surface area contributed by atoms with Crippen LogP contribution >= 0.6 is 0 Å². The normalized spacial score (nSPS) is 13.7. The second-order valence-corrected chi connectivity index (χ2v) is 7.74. The van der Waals surface area contributed by atoms with Crippen molar-refractivity contribution >= 4 is 6.09 Å². The lowest BCUT2D eigenvalue weighted by Gasteiger charge is -2.25. The summed E-state index contributed by atoms with van der Waals surface area (Å²) in [5, 5.41) is 22.3. The number of ether oxygens (including phenoxy) is 2. The second kappa shape index (κ2) is 11.8. The van der Waals surface area contributed by atoms with Gasteiger partial charge in [-0.1, -0.05) is 31.9 Å². The first-order chi connectivity index (χ1) is 12.7. The zero-order valence-electron chi connectivity index (χ0n) is 17.0. The molecule has 2 atom stereocenters. The lowest BCUT2D eigenvalue weighted by molar-refractivity contribution is 0.0338. The highest BCUT2D eigenvalue weighted by Gasteiger charge is 2.23. The van der Waals surface area contributed by atoms with Crippen LogP contribution in [0.1, 0.15) is 58.9 Å². The number of aliphatic hydroxyl groups excluding tert-OH is 2. The van der Waals surface area contributed by atoms with Crippen molar-refractivity contribution in [2.75, 3.05) is 13.2 Å². The summed E-state index contributed by atoms with van der Waals surface area (Å²) in [5.41, 5.74) is 0.430. The molecule has 0 aliphatic carbocycles. The molecule has 1 aromatic rings. The van der Waals surface area contributed by atoms with E-state index in [2.05, 4.69) is 12.2 Å². The molecule has 1 rings (SSSR count). The van der Waals surface area contributed by atoms with Gasteiger partial charge in [0.25, 0.3) is 0 Å². The van der Waals surface area contributed by atoms with Gasteiger partial charge in [0.1, 0.15) is 11.4 Å². The van der Waals surface area contributed by atoms with Gasteiger partial charge in [-0.15, -0.1) is 0 Å². The summed E-state index contributed by atoms with van der Waals surface area (Å²) in [5.74, 6) is 0.843. The Morgan fingerprint density at radius 2 is 1.85 bits per heavy atom. The van der Waals surface area contributed by atoms with Crippen molar-refractivity contribution in [2.24, 2.45) is 0 Å². The van der Waals surface area contributed by atoms with Gasteiger partial charge in [-0.25, -0.2) is 4.79 Å². The first-order valence-electron chi connectivity index (χ1n) is 9.75. The maximum Gasteiger partial charge on any atom is 0.408 e. The molecule has 6 nitrogen and oxygen atoms in total. The minimum atomic E-state index is -0.868. The molecule has 0 heterocycles. The summed E-state index contributed by atoms with van der Waals surface area (Å²) >= 11 is 0. The smallest absolute Gasteiger partial charge is 0.408 e. The first-order valence-corrected chi connectivity index (χ1v) is 9.75. The van der Waals surface area contributed by atoms with Crippen LogP contribution in [0.3, 0.4) is 0 Å². The number of benzene rings is 1. The van der Waals surface area contributed by atoms with E-state index in [1.54, 1.807) is 20.8 Å². The molecule has 0 aromatic heterocycles. The number of hydrogen-bond acceptors (Lipinski definition) is 5. The van der Waals surface area contributed by atoms with E-state index >= 15 is 0 Å². The lowest BCUT2D eigenvalue weighted by Crippen LogP contribution is -2.47. The Morgan fingerprint density at radius 3 is 2.41 bits per heavy atom. The maximum atomic E-state index is 11.8. The quantitative estimate of drug-likeness (QED) is 0.511. The van der Waals surface area contributed by atoms with Crippen LogP contribution in [-0.2, 0) is 11.2 Å². The van der Waals surface area contributed by atoms with Crippen molar-refractivity contribution in [3.63, 3.8) is 0 Å². The highest BCUT2D eigenvalue weighted by molar-refractivity contribution is 5.68. The first kappa shape index (κ1) is 23.2. The molecule has 0 spiro atoms. The van der Waals surface area contributed by atoms with Crippen molar-refractivity contribution in [3.05, 3.63) is 29.8 Å². The minimum Gasteiger partial charge on any atom is -0.494 e. The molecule has 0 aliphatic heterocycles. The average molecular weight is 382 g/mol. The Morgan fingerprint density at radius 1 is 1.19 bits per heavy atom. The molecule has 1 amide bonds. The van der Waals surface area contributed by atoms with Gasteiger partial charge in [0.15, 0.2) is 0 Å². The molecule has 0 saturated heterocycles. The lowest BCUT2D eigenvalue weighted by atomic mass is 10.0. The van der Waals surface area contributed by atoms with E-state index in [4.69, 9.17) is 9.47 Å².